The molecule has 14 heteroatoms. The average molecular weight is 583 g/mol. The van der Waals surface area contributed by atoms with Gasteiger partial charge < -0.3 is 15.7 Å². The quantitative estimate of drug-likeness (QED) is 0.180. The van der Waals surface area contributed by atoms with E-state index in [1.165, 1.54) is 24.7 Å². The molecule has 0 aliphatic heterocycles. The van der Waals surface area contributed by atoms with Gasteiger partial charge in [0, 0.05) is 48.9 Å². The van der Waals surface area contributed by atoms with Crippen LogP contribution in [0.1, 0.15) is 67.1 Å². The maximum atomic E-state index is 14.9. The van der Waals surface area contributed by atoms with Gasteiger partial charge in [0.1, 0.15) is 17.2 Å². The van der Waals surface area contributed by atoms with Crippen LogP contribution < -0.4 is 11.3 Å². The molecule has 0 fully saturated rings. The Morgan fingerprint density at radius 3 is 2.27 bits per heavy atom. The van der Waals surface area contributed by atoms with Gasteiger partial charge in [0.25, 0.3) is 5.56 Å². The summed E-state index contributed by atoms with van der Waals surface area (Å²) in [5, 5.41) is 14.7. The molecule has 0 saturated heterocycles. The van der Waals surface area contributed by atoms with Crippen molar-refractivity contribution in [1.29, 1.82) is 0 Å². The van der Waals surface area contributed by atoms with Crippen molar-refractivity contribution >= 4 is 17.8 Å². The van der Waals surface area contributed by atoms with Gasteiger partial charge in [-0.1, -0.05) is 19.8 Å². The van der Waals surface area contributed by atoms with Crippen molar-refractivity contribution in [3.05, 3.63) is 75.3 Å². The Kier molecular flexibility index (Phi) is 11.2. The van der Waals surface area contributed by atoms with Crippen LogP contribution in [0.5, 0.6) is 0 Å². The fraction of sp³-hybridized carbons (Fsp3) is 0.370. The summed E-state index contributed by atoms with van der Waals surface area (Å²) in [7, 11) is 1.75. The number of rotatable bonds is 9. The van der Waals surface area contributed by atoms with Crippen LogP contribution in [0.3, 0.4) is 0 Å². The predicted octanol–water partition coefficient (Wildman–Crippen LogP) is 5.08. The SMILES string of the molecule is CCCCCN(C)/C=C(/F)c1cc(-c2ncc(C(C)(C)O)cn2)c(F)cc1C=O.Nc1cn[nH]c(=O)c1C(F)(F)F. The number of H-pyrrole nitrogens is 1. The number of aldehydes is 1. The summed E-state index contributed by atoms with van der Waals surface area (Å²) in [6, 6.07) is 2.22. The van der Waals surface area contributed by atoms with Gasteiger partial charge in [0.05, 0.1) is 23.0 Å². The lowest BCUT2D eigenvalue weighted by Crippen LogP contribution is -2.24. The van der Waals surface area contributed by atoms with Crippen LogP contribution >= 0.6 is 0 Å². The standard InChI is InChI=1S/C22H27F2N3O2.C5H4F3N3O/c1-5-6-7-8-27(4)13-20(24)17-10-18(19(23)9-15(17)14-28)21-25-11-16(12-26-21)22(2,3)29;6-5(7,8)3-2(9)1-10-11-4(3)12/h9-14,29H,5-8H2,1-4H3;1H,(H3,9,11,12)/b20-13+;. The molecule has 41 heavy (non-hydrogen) atoms. The molecule has 1 aromatic carbocycles. The maximum absolute atomic E-state index is 14.9. The smallest absolute Gasteiger partial charge is 0.397 e. The number of aromatic nitrogens is 4. The molecule has 2 heterocycles. The molecule has 0 amide bonds. The zero-order valence-electron chi connectivity index (χ0n) is 22.9. The second-order valence-electron chi connectivity index (χ2n) is 9.58. The van der Waals surface area contributed by atoms with Crippen molar-refractivity contribution in [3.63, 3.8) is 0 Å². The summed E-state index contributed by atoms with van der Waals surface area (Å²) in [5.74, 6) is -1.32. The molecule has 2 aromatic heterocycles. The van der Waals surface area contributed by atoms with E-state index < -0.39 is 40.2 Å². The minimum Gasteiger partial charge on any atom is -0.397 e. The molecule has 0 unspecified atom stereocenters. The van der Waals surface area contributed by atoms with Crippen LogP contribution in [0.2, 0.25) is 0 Å². The highest BCUT2D eigenvalue weighted by Crippen LogP contribution is 2.30. The lowest BCUT2D eigenvalue weighted by Gasteiger charge is -2.17. The van der Waals surface area contributed by atoms with E-state index in [9.17, 15) is 36.6 Å². The number of halogens is 5. The molecule has 0 atom stereocenters. The number of alkyl halides is 3. The first-order chi connectivity index (χ1) is 19.1. The Morgan fingerprint density at radius 1 is 1.15 bits per heavy atom. The van der Waals surface area contributed by atoms with Gasteiger partial charge in [-0.15, -0.1) is 0 Å². The summed E-state index contributed by atoms with van der Waals surface area (Å²) in [6.07, 6.45) is 3.54. The van der Waals surface area contributed by atoms with Gasteiger partial charge in [-0.05, 0) is 32.4 Å². The number of nitrogen functional groups attached to an aromatic ring is 1. The topological polar surface area (TPSA) is 138 Å². The third kappa shape index (κ3) is 9.17. The molecule has 4 N–H and O–H groups in total. The number of aliphatic hydroxyl groups is 1. The molecule has 0 saturated carbocycles. The molecule has 3 aromatic rings. The summed E-state index contributed by atoms with van der Waals surface area (Å²) >= 11 is 0. The van der Waals surface area contributed by atoms with Crippen LogP contribution in [0.15, 0.2) is 41.7 Å². The van der Waals surface area contributed by atoms with Gasteiger partial charge in [-0.2, -0.15) is 18.3 Å². The molecular formula is C27H31F5N6O3. The van der Waals surface area contributed by atoms with Crippen LogP contribution in [0.4, 0.5) is 27.6 Å². The lowest BCUT2D eigenvalue weighted by atomic mass is 10.0. The van der Waals surface area contributed by atoms with E-state index in [0.29, 0.717) is 18.4 Å². The minimum atomic E-state index is -4.74. The van der Waals surface area contributed by atoms with E-state index in [1.54, 1.807) is 30.9 Å². The monoisotopic (exact) mass is 582 g/mol. The van der Waals surface area contributed by atoms with E-state index in [0.717, 1.165) is 31.5 Å². The summed E-state index contributed by atoms with van der Waals surface area (Å²) < 4.78 is 65.3. The fourth-order valence-corrected chi connectivity index (χ4v) is 3.49. The number of hydrogen-bond donors (Lipinski definition) is 3. The predicted molar refractivity (Wildman–Crippen MR) is 144 cm³/mol. The number of nitrogens with one attached hydrogen (secondary N) is 1. The highest BCUT2D eigenvalue weighted by molar-refractivity contribution is 5.86. The number of unbranched alkanes of at least 4 members (excludes halogenated alkanes) is 2. The minimum absolute atomic E-state index is 0.0195. The molecule has 0 spiro atoms. The normalized spacial score (nSPS) is 12.0. The van der Waals surface area contributed by atoms with Gasteiger partial charge in [0.2, 0.25) is 0 Å². The largest absolute Gasteiger partial charge is 0.423 e. The Labute approximate surface area is 232 Å². The third-order valence-electron chi connectivity index (χ3n) is 5.74. The first-order valence-electron chi connectivity index (χ1n) is 12.4. The zero-order valence-corrected chi connectivity index (χ0v) is 22.9. The van der Waals surface area contributed by atoms with Crippen LogP contribution in [-0.2, 0) is 11.8 Å². The number of nitrogens with zero attached hydrogens (tertiary/aromatic N) is 4. The number of aromatic amines is 1. The van der Waals surface area contributed by atoms with Gasteiger partial charge in [-0.3, -0.25) is 9.59 Å². The second kappa shape index (κ2) is 13.9. The summed E-state index contributed by atoms with van der Waals surface area (Å²) in [4.78, 5) is 31.8. The molecule has 3 rings (SSSR count). The number of carbonyl (C=O) groups is 1. The molecule has 0 aliphatic rings. The average Bonchev–Trinajstić information content (AvgIpc) is 2.87. The Balaban J connectivity index is 0.000000408. The maximum Gasteiger partial charge on any atom is 0.423 e. The molecular weight excluding hydrogens is 551 g/mol. The first kappa shape index (κ1) is 33.0. The van der Waals surface area contributed by atoms with E-state index in [2.05, 4.69) is 22.0 Å². The van der Waals surface area contributed by atoms with Crippen molar-refractivity contribution in [1.82, 2.24) is 25.1 Å². The van der Waals surface area contributed by atoms with Gasteiger partial charge in [-0.25, -0.2) is 23.8 Å². The van der Waals surface area contributed by atoms with Crippen molar-refractivity contribution in [2.24, 2.45) is 0 Å². The highest BCUT2D eigenvalue weighted by Gasteiger charge is 2.36. The molecule has 0 aliphatic carbocycles. The Hall–Kier alpha value is -4.20. The fourth-order valence-electron chi connectivity index (χ4n) is 3.49. The highest BCUT2D eigenvalue weighted by atomic mass is 19.4. The summed E-state index contributed by atoms with van der Waals surface area (Å²) in [5.41, 5.74) is 0.690. The number of nitrogens with two attached hydrogens (primary N) is 1. The summed E-state index contributed by atoms with van der Waals surface area (Å²) in [6.45, 7) is 5.93. The van der Waals surface area contributed by atoms with E-state index in [-0.39, 0.29) is 22.5 Å². The van der Waals surface area contributed by atoms with Crippen LogP contribution in [0, 0.1) is 5.82 Å². The van der Waals surface area contributed by atoms with Gasteiger partial charge >= 0.3 is 6.18 Å². The Morgan fingerprint density at radius 2 is 1.78 bits per heavy atom. The molecule has 9 nitrogen and oxygen atoms in total. The number of anilines is 1. The van der Waals surface area contributed by atoms with Crippen LogP contribution in [0.25, 0.3) is 17.2 Å². The third-order valence-corrected chi connectivity index (χ3v) is 5.74. The molecule has 222 valence electrons. The first-order valence-corrected chi connectivity index (χ1v) is 12.4. The van der Waals surface area contributed by atoms with Crippen LogP contribution in [-0.4, -0.2) is 50.1 Å². The number of benzene rings is 1. The van der Waals surface area contributed by atoms with E-state index in [1.807, 2.05) is 0 Å². The number of hydrogen-bond acceptors (Lipinski definition) is 8. The van der Waals surface area contributed by atoms with Gasteiger partial charge in [0.15, 0.2) is 12.1 Å². The van der Waals surface area contributed by atoms with E-state index >= 15 is 0 Å². The van der Waals surface area contributed by atoms with Crippen molar-refractivity contribution < 1.29 is 31.9 Å². The van der Waals surface area contributed by atoms with Crippen molar-refractivity contribution in [2.45, 2.75) is 51.8 Å². The lowest BCUT2D eigenvalue weighted by molar-refractivity contribution is -0.138. The Bertz CT molecular complexity index is 1420. The van der Waals surface area contributed by atoms with Crippen molar-refractivity contribution in [3.8, 4) is 11.4 Å². The number of carbonyl (C=O) groups excluding carboxylic acids is 1. The molecule has 0 radical (unpaired) electrons. The molecule has 0 bridgehead atoms. The second-order valence-corrected chi connectivity index (χ2v) is 9.58. The van der Waals surface area contributed by atoms with Crippen molar-refractivity contribution in [2.75, 3.05) is 19.3 Å². The van der Waals surface area contributed by atoms with E-state index in [4.69, 9.17) is 5.73 Å². The zero-order chi connectivity index (χ0) is 31.0.